The van der Waals surface area contributed by atoms with E-state index in [1.54, 1.807) is 6.92 Å². The SMILES string of the molecule is CC(=N)c1ccn(C2CCC(CN(C)C3CC(CCc4nc5ccc(C(C)(C)C)cc5[nH]4)C3)O2)c1N. The number of likely N-dealkylation sites (N-methyl/N-ethyl adjacent to an activating group) is 1. The zero-order valence-electron chi connectivity index (χ0n) is 22.5. The van der Waals surface area contributed by atoms with E-state index in [2.05, 4.69) is 55.9 Å². The van der Waals surface area contributed by atoms with Crippen LogP contribution in [0.2, 0.25) is 0 Å². The number of nitrogens with one attached hydrogen (secondary N) is 2. The Bertz CT molecular complexity index is 1230. The fourth-order valence-electron chi connectivity index (χ4n) is 5.81. The molecule has 2 aliphatic rings. The molecule has 4 N–H and O–H groups in total. The van der Waals surface area contributed by atoms with Crippen LogP contribution in [-0.2, 0) is 16.6 Å². The molecule has 0 spiro atoms. The predicted octanol–water partition coefficient (Wildman–Crippen LogP) is 5.65. The van der Waals surface area contributed by atoms with Crippen LogP contribution in [0.1, 0.15) is 83.0 Å². The molecule has 1 saturated heterocycles. The quantitative estimate of drug-likeness (QED) is 0.355. The van der Waals surface area contributed by atoms with Gasteiger partial charge in [0.2, 0.25) is 0 Å². The summed E-state index contributed by atoms with van der Waals surface area (Å²) in [6, 6.07) is 9.18. The number of hydrogen-bond donors (Lipinski definition) is 3. The molecule has 1 saturated carbocycles. The Hall–Kier alpha value is -2.64. The van der Waals surface area contributed by atoms with Gasteiger partial charge in [0.15, 0.2) is 0 Å². The zero-order chi connectivity index (χ0) is 25.6. The van der Waals surface area contributed by atoms with Gasteiger partial charge in [-0.2, -0.15) is 0 Å². The van der Waals surface area contributed by atoms with Crippen molar-refractivity contribution in [3.8, 4) is 0 Å². The lowest BCUT2D eigenvalue weighted by atomic mass is 9.76. The van der Waals surface area contributed by atoms with E-state index in [1.807, 2.05) is 16.8 Å². The van der Waals surface area contributed by atoms with Crippen LogP contribution in [-0.4, -0.2) is 50.9 Å². The number of anilines is 1. The molecular weight excluding hydrogens is 448 g/mol. The Labute approximate surface area is 214 Å². The Kier molecular flexibility index (Phi) is 6.72. The lowest BCUT2D eigenvalue weighted by Gasteiger charge is -2.42. The minimum absolute atomic E-state index is 0.0195. The van der Waals surface area contributed by atoms with Crippen molar-refractivity contribution in [2.24, 2.45) is 5.92 Å². The van der Waals surface area contributed by atoms with Gasteiger partial charge in [-0.1, -0.05) is 26.8 Å². The van der Waals surface area contributed by atoms with Gasteiger partial charge >= 0.3 is 0 Å². The lowest BCUT2D eigenvalue weighted by molar-refractivity contribution is -0.0244. The average molecular weight is 491 g/mol. The van der Waals surface area contributed by atoms with E-state index >= 15 is 0 Å². The van der Waals surface area contributed by atoms with Crippen LogP contribution in [0.3, 0.4) is 0 Å². The number of aromatic amines is 1. The van der Waals surface area contributed by atoms with Gasteiger partial charge in [0.05, 0.1) is 17.1 Å². The predicted molar refractivity (Wildman–Crippen MR) is 147 cm³/mol. The molecule has 2 atom stereocenters. The van der Waals surface area contributed by atoms with Gasteiger partial charge in [0.1, 0.15) is 17.9 Å². The van der Waals surface area contributed by atoms with E-state index in [4.69, 9.17) is 20.9 Å². The summed E-state index contributed by atoms with van der Waals surface area (Å²) in [6.07, 6.45) is 8.92. The summed E-state index contributed by atoms with van der Waals surface area (Å²) in [6.45, 7) is 9.49. The Morgan fingerprint density at radius 1 is 1.25 bits per heavy atom. The molecule has 2 fully saturated rings. The van der Waals surface area contributed by atoms with E-state index in [1.165, 1.54) is 24.8 Å². The van der Waals surface area contributed by atoms with Gasteiger partial charge in [-0.3, -0.25) is 0 Å². The molecule has 3 heterocycles. The number of benzene rings is 1. The third-order valence-corrected chi connectivity index (χ3v) is 8.27. The molecule has 0 amide bonds. The van der Waals surface area contributed by atoms with Crippen LogP contribution in [0.5, 0.6) is 0 Å². The smallest absolute Gasteiger partial charge is 0.135 e. The van der Waals surface area contributed by atoms with E-state index in [0.717, 1.165) is 54.1 Å². The third kappa shape index (κ3) is 5.09. The zero-order valence-corrected chi connectivity index (χ0v) is 22.5. The first-order chi connectivity index (χ1) is 17.1. The molecule has 0 radical (unpaired) electrons. The largest absolute Gasteiger partial charge is 0.384 e. The second kappa shape index (κ2) is 9.67. The van der Waals surface area contributed by atoms with E-state index in [0.29, 0.717) is 17.6 Å². The Balaban J connectivity index is 1.07. The molecule has 1 aliphatic carbocycles. The van der Waals surface area contributed by atoms with Crippen molar-refractivity contribution < 1.29 is 4.74 Å². The summed E-state index contributed by atoms with van der Waals surface area (Å²) in [7, 11) is 2.24. The Morgan fingerprint density at radius 3 is 2.72 bits per heavy atom. The molecule has 1 aromatic carbocycles. The molecule has 0 bridgehead atoms. The molecule has 36 heavy (non-hydrogen) atoms. The maximum atomic E-state index is 7.87. The number of aromatic nitrogens is 3. The number of nitrogen functional groups attached to an aromatic ring is 1. The van der Waals surface area contributed by atoms with Gasteiger partial charge < -0.3 is 30.3 Å². The standard InChI is InChI=1S/C29H42N6O/c1-18(30)23-12-13-35(28(23)31)27-11-8-22(36-27)17-34(5)21-14-19(15-21)6-10-26-32-24-9-7-20(29(2,3)4)16-25(24)33-26/h7,9,12-13,16,19,21-22,27,30H,6,8,10-11,14-15,17,31H2,1-5H3,(H,32,33). The summed E-state index contributed by atoms with van der Waals surface area (Å²) in [5.41, 5.74) is 11.3. The van der Waals surface area contributed by atoms with Crippen molar-refractivity contribution in [1.29, 1.82) is 5.41 Å². The van der Waals surface area contributed by atoms with Crippen LogP contribution < -0.4 is 5.73 Å². The number of nitrogens with zero attached hydrogens (tertiary/aromatic N) is 3. The molecule has 7 nitrogen and oxygen atoms in total. The van der Waals surface area contributed by atoms with Crippen LogP contribution in [0.4, 0.5) is 5.82 Å². The van der Waals surface area contributed by atoms with Crippen molar-refractivity contribution in [3.05, 3.63) is 47.4 Å². The highest BCUT2D eigenvalue weighted by atomic mass is 16.5. The van der Waals surface area contributed by atoms with Gasteiger partial charge in [-0.05, 0) is 81.2 Å². The Morgan fingerprint density at radius 2 is 2.03 bits per heavy atom. The number of hydrogen-bond acceptors (Lipinski definition) is 5. The number of H-pyrrole nitrogens is 1. The molecular formula is C29H42N6O. The number of aryl methyl sites for hydroxylation is 1. The van der Waals surface area contributed by atoms with Crippen molar-refractivity contribution in [2.45, 2.75) is 90.0 Å². The highest BCUT2D eigenvalue weighted by Crippen LogP contribution is 2.37. The number of nitrogens with two attached hydrogens (primary N) is 1. The van der Waals surface area contributed by atoms with E-state index in [9.17, 15) is 0 Å². The average Bonchev–Trinajstić information content (AvgIpc) is 3.49. The number of fused-ring (bicyclic) bond motifs is 1. The van der Waals surface area contributed by atoms with E-state index in [-0.39, 0.29) is 17.7 Å². The summed E-state index contributed by atoms with van der Waals surface area (Å²) in [4.78, 5) is 10.9. The van der Waals surface area contributed by atoms with Gasteiger partial charge in [-0.25, -0.2) is 4.98 Å². The van der Waals surface area contributed by atoms with Crippen molar-refractivity contribution in [2.75, 3.05) is 19.3 Å². The maximum Gasteiger partial charge on any atom is 0.135 e. The maximum absolute atomic E-state index is 7.87. The second-order valence-electron chi connectivity index (χ2n) is 12.1. The molecule has 1 aliphatic heterocycles. The van der Waals surface area contributed by atoms with Crippen molar-refractivity contribution in [3.63, 3.8) is 0 Å². The van der Waals surface area contributed by atoms with Crippen molar-refractivity contribution >= 4 is 22.6 Å². The minimum Gasteiger partial charge on any atom is -0.384 e. The van der Waals surface area contributed by atoms with Gasteiger partial charge in [0.25, 0.3) is 0 Å². The van der Waals surface area contributed by atoms with Crippen LogP contribution >= 0.6 is 0 Å². The lowest BCUT2D eigenvalue weighted by Crippen LogP contribution is -2.45. The third-order valence-electron chi connectivity index (χ3n) is 8.27. The summed E-state index contributed by atoms with van der Waals surface area (Å²) >= 11 is 0. The highest BCUT2D eigenvalue weighted by molar-refractivity contribution is 6.00. The topological polar surface area (TPSA) is 96.0 Å². The first-order valence-corrected chi connectivity index (χ1v) is 13.4. The molecule has 5 rings (SSSR count). The number of imidazole rings is 1. The molecule has 2 unspecified atom stereocenters. The summed E-state index contributed by atoms with van der Waals surface area (Å²) < 4.78 is 8.35. The molecule has 7 heteroatoms. The second-order valence-corrected chi connectivity index (χ2v) is 12.1. The normalized spacial score (nSPS) is 24.5. The first kappa shape index (κ1) is 25.0. The fourth-order valence-corrected chi connectivity index (χ4v) is 5.81. The van der Waals surface area contributed by atoms with E-state index < -0.39 is 0 Å². The van der Waals surface area contributed by atoms with Crippen molar-refractivity contribution in [1.82, 2.24) is 19.4 Å². The molecule has 3 aromatic rings. The molecule has 194 valence electrons. The van der Waals surface area contributed by atoms with Crippen LogP contribution in [0.25, 0.3) is 11.0 Å². The first-order valence-electron chi connectivity index (χ1n) is 13.4. The fraction of sp³-hybridized carbons (Fsp3) is 0.586. The summed E-state index contributed by atoms with van der Waals surface area (Å²) in [5.74, 6) is 2.53. The molecule has 2 aromatic heterocycles. The van der Waals surface area contributed by atoms with Gasteiger partial charge in [-0.15, -0.1) is 0 Å². The summed E-state index contributed by atoms with van der Waals surface area (Å²) in [5, 5.41) is 7.87. The minimum atomic E-state index is -0.0195. The number of ether oxygens (including phenoxy) is 1. The monoisotopic (exact) mass is 490 g/mol. The van der Waals surface area contributed by atoms with Gasteiger partial charge in [0, 0.05) is 36.5 Å². The van der Waals surface area contributed by atoms with Crippen LogP contribution in [0, 0.1) is 11.3 Å². The highest BCUT2D eigenvalue weighted by Gasteiger charge is 2.35. The number of rotatable bonds is 8. The van der Waals surface area contributed by atoms with Crippen LogP contribution in [0.15, 0.2) is 30.5 Å².